The van der Waals surface area contributed by atoms with Gasteiger partial charge in [-0.05, 0) is 225 Å². The van der Waals surface area contributed by atoms with Gasteiger partial charge < -0.3 is 33.0 Å². The third-order valence-corrected chi connectivity index (χ3v) is 19.2. The van der Waals surface area contributed by atoms with Crippen LogP contribution in [-0.2, 0) is 16.0 Å². The molecule has 0 aliphatic rings. The van der Waals surface area contributed by atoms with Gasteiger partial charge in [0.05, 0.1) is 46.2 Å². The quantitative estimate of drug-likeness (QED) is 0.0357. The molecule has 7 nitrogen and oxygen atoms in total. The second-order valence-electron chi connectivity index (χ2n) is 25.8. The molecule has 0 saturated heterocycles. The van der Waals surface area contributed by atoms with Gasteiger partial charge in [0.2, 0.25) is 0 Å². The molecule has 0 aliphatic carbocycles. The van der Waals surface area contributed by atoms with Gasteiger partial charge in [0.15, 0.2) is 0 Å². The van der Waals surface area contributed by atoms with E-state index in [9.17, 15) is 0 Å². The molecule has 0 aliphatic heterocycles. The molecule has 9 rings (SSSR count). The van der Waals surface area contributed by atoms with Crippen molar-refractivity contribution < 1.29 is 28.4 Å². The van der Waals surface area contributed by atoms with Crippen LogP contribution in [0.1, 0.15) is 158 Å². The molecule has 0 N–H and O–H groups in total. The summed E-state index contributed by atoms with van der Waals surface area (Å²) >= 11 is 0. The van der Waals surface area contributed by atoms with Crippen LogP contribution < -0.4 is 18.9 Å². The minimum atomic E-state index is 0.545. The smallest absolute Gasteiger partial charge is 0.119 e. The molecular weight excluding hydrogens is 1130 g/mol. The van der Waals surface area contributed by atoms with Crippen molar-refractivity contribution in [2.24, 2.45) is 23.7 Å². The fourth-order valence-electron chi connectivity index (χ4n) is 12.8. The van der Waals surface area contributed by atoms with E-state index in [1.807, 2.05) is 0 Å². The summed E-state index contributed by atoms with van der Waals surface area (Å²) in [5.41, 5.74) is 16.1. The number of methoxy groups -OCH3 is 1. The number of nitrogens with zero attached hydrogens (tertiary/aromatic N) is 1. The zero-order valence-corrected chi connectivity index (χ0v) is 57.3. The van der Waals surface area contributed by atoms with Crippen LogP contribution in [0.3, 0.4) is 0 Å². The molecule has 1 aromatic heterocycles. The fourth-order valence-corrected chi connectivity index (χ4v) is 12.8. The number of rotatable bonds is 40. The second kappa shape index (κ2) is 36.2. The van der Waals surface area contributed by atoms with E-state index in [4.69, 9.17) is 28.4 Å². The van der Waals surface area contributed by atoms with Crippen LogP contribution in [0.2, 0.25) is 0 Å². The van der Waals surface area contributed by atoms with Gasteiger partial charge in [-0.1, -0.05) is 193 Å². The zero-order chi connectivity index (χ0) is 64.4. The molecule has 0 saturated carbocycles. The van der Waals surface area contributed by atoms with E-state index < -0.39 is 0 Å². The summed E-state index contributed by atoms with van der Waals surface area (Å²) in [6.45, 7) is 23.5. The van der Waals surface area contributed by atoms with E-state index in [2.05, 4.69) is 230 Å². The molecule has 0 bridgehead atoms. The lowest BCUT2D eigenvalue weighted by Gasteiger charge is -2.16. The Hall–Kier alpha value is -7.32. The summed E-state index contributed by atoms with van der Waals surface area (Å²) < 4.78 is 39.7. The lowest BCUT2D eigenvalue weighted by atomic mass is 9.92. The number of ether oxygens (including phenoxy) is 6. The molecule has 0 radical (unpaired) electrons. The molecule has 1 heterocycles. The van der Waals surface area contributed by atoms with Crippen molar-refractivity contribution in [3.63, 3.8) is 0 Å². The molecule has 0 spiro atoms. The standard InChI is InChI=1S/C85H107NO6/c1-10-18-22-62(14-5)58-89-78-36-26-66(27-37-78)72-50-73(67-28-38-79(39-29-67)90-59-63(15-6)23-19-11-2)53-76(52-72)70-34-44-84-82(56-70)83-57-71(35-45-85(83)86(84)46-47-88-49-48-87-9)77-54-74(68-30-40-80(41-31-68)91-60-64(16-7)24-20-12-3)51-75(55-77)69-32-42-81(43-33-69)92-61-65(17-8)25-21-13-4/h26-45,50-57,62-65H,10-25,46-49,58-61H2,1-9H3. The first kappa shape index (κ1) is 69.0. The number of hydrogen-bond donors (Lipinski definition) is 0. The van der Waals surface area contributed by atoms with Gasteiger partial charge in [-0.15, -0.1) is 0 Å². The predicted octanol–water partition coefficient (Wildman–Crippen LogP) is 23.8. The Morgan fingerprint density at radius 2 is 0.565 bits per heavy atom. The molecule has 7 heteroatoms. The van der Waals surface area contributed by atoms with Gasteiger partial charge in [-0.2, -0.15) is 0 Å². The third-order valence-electron chi connectivity index (χ3n) is 19.2. The Kier molecular flexibility index (Phi) is 27.2. The van der Waals surface area contributed by atoms with Crippen molar-refractivity contribution in [2.75, 3.05) is 53.4 Å². The van der Waals surface area contributed by atoms with Crippen LogP contribution in [0.15, 0.2) is 170 Å². The number of benzene rings is 8. The molecule has 488 valence electrons. The topological polar surface area (TPSA) is 60.3 Å². The highest BCUT2D eigenvalue weighted by atomic mass is 16.5. The minimum absolute atomic E-state index is 0.545. The third kappa shape index (κ3) is 19.2. The number of hydrogen-bond acceptors (Lipinski definition) is 6. The summed E-state index contributed by atoms with van der Waals surface area (Å²) in [6, 6.07) is 63.2. The molecule has 0 amide bonds. The maximum Gasteiger partial charge on any atom is 0.119 e. The molecule has 92 heavy (non-hydrogen) atoms. The van der Waals surface area contributed by atoms with E-state index in [1.165, 1.54) is 98.9 Å². The lowest BCUT2D eigenvalue weighted by molar-refractivity contribution is 0.0673. The van der Waals surface area contributed by atoms with E-state index in [0.29, 0.717) is 50.0 Å². The monoisotopic (exact) mass is 1240 g/mol. The Balaban J connectivity index is 1.12. The summed E-state index contributed by atoms with van der Waals surface area (Å²) in [6.07, 6.45) is 19.1. The Morgan fingerprint density at radius 3 is 0.826 bits per heavy atom. The minimum Gasteiger partial charge on any atom is -0.493 e. The zero-order valence-electron chi connectivity index (χ0n) is 57.3. The highest BCUT2D eigenvalue weighted by molar-refractivity contribution is 6.11. The number of fused-ring (bicyclic) bond motifs is 3. The van der Waals surface area contributed by atoms with Crippen LogP contribution in [0.5, 0.6) is 23.0 Å². The largest absolute Gasteiger partial charge is 0.493 e. The fraction of sp³-hybridized carbons (Fsp3) is 0.435. The van der Waals surface area contributed by atoms with Crippen molar-refractivity contribution in [3.05, 3.63) is 170 Å². The molecular formula is C85H107NO6. The predicted molar refractivity (Wildman–Crippen MR) is 390 cm³/mol. The normalized spacial score (nSPS) is 12.9. The van der Waals surface area contributed by atoms with Crippen LogP contribution in [0, 0.1) is 23.7 Å². The van der Waals surface area contributed by atoms with Crippen molar-refractivity contribution in [3.8, 4) is 89.8 Å². The number of aromatic nitrogens is 1. The Morgan fingerprint density at radius 1 is 0.293 bits per heavy atom. The molecule has 8 aromatic carbocycles. The van der Waals surface area contributed by atoms with Crippen molar-refractivity contribution in [2.45, 2.75) is 165 Å². The maximum absolute atomic E-state index is 6.44. The average Bonchev–Trinajstić information content (AvgIpc) is 1.58. The Bertz CT molecular complexity index is 3230. The first-order valence-corrected chi connectivity index (χ1v) is 35.5. The Labute approximate surface area is 553 Å². The van der Waals surface area contributed by atoms with E-state index in [0.717, 1.165) is 142 Å². The second-order valence-corrected chi connectivity index (χ2v) is 25.8. The first-order valence-electron chi connectivity index (χ1n) is 35.5. The molecule has 9 aromatic rings. The molecule has 4 unspecified atom stereocenters. The van der Waals surface area contributed by atoms with Gasteiger partial charge in [-0.25, -0.2) is 0 Å². The van der Waals surface area contributed by atoms with Crippen LogP contribution in [0.25, 0.3) is 88.6 Å². The summed E-state index contributed by atoms with van der Waals surface area (Å²) in [5.74, 6) is 5.91. The van der Waals surface area contributed by atoms with Gasteiger partial charge in [0.25, 0.3) is 0 Å². The van der Waals surface area contributed by atoms with Crippen LogP contribution >= 0.6 is 0 Å². The highest BCUT2D eigenvalue weighted by Crippen LogP contribution is 2.41. The van der Waals surface area contributed by atoms with E-state index in [-0.39, 0.29) is 0 Å². The summed E-state index contributed by atoms with van der Waals surface area (Å²) in [7, 11) is 1.72. The lowest BCUT2D eigenvalue weighted by Crippen LogP contribution is -2.11. The van der Waals surface area contributed by atoms with Gasteiger partial charge in [-0.3, -0.25) is 0 Å². The van der Waals surface area contributed by atoms with Gasteiger partial charge in [0, 0.05) is 35.5 Å². The van der Waals surface area contributed by atoms with Gasteiger partial charge in [0.1, 0.15) is 23.0 Å². The summed E-state index contributed by atoms with van der Waals surface area (Å²) in [5, 5.41) is 2.39. The summed E-state index contributed by atoms with van der Waals surface area (Å²) in [4.78, 5) is 0. The van der Waals surface area contributed by atoms with Gasteiger partial charge >= 0.3 is 0 Å². The highest BCUT2D eigenvalue weighted by Gasteiger charge is 2.19. The van der Waals surface area contributed by atoms with Crippen molar-refractivity contribution in [1.82, 2.24) is 4.57 Å². The van der Waals surface area contributed by atoms with Crippen molar-refractivity contribution in [1.29, 1.82) is 0 Å². The first-order chi connectivity index (χ1) is 45.2. The van der Waals surface area contributed by atoms with Crippen LogP contribution in [-0.4, -0.2) is 57.9 Å². The maximum atomic E-state index is 6.44. The van der Waals surface area contributed by atoms with E-state index >= 15 is 0 Å². The average molecular weight is 1240 g/mol. The molecule has 0 fully saturated rings. The SMILES string of the molecule is CCCCC(CC)COc1ccc(-c2cc(-c3ccc(OCC(CC)CCCC)cc3)cc(-c3ccc4c(c3)c3cc(-c5cc(-c6ccc(OCC(CC)CCCC)cc6)cc(-c6ccc(OCC(CC)CCCC)cc6)c5)ccc3n4CCOCCOC)c2)cc1. The number of unbranched alkanes of at least 4 members (excludes halogenated alkanes) is 4. The van der Waals surface area contributed by atoms with Crippen molar-refractivity contribution >= 4 is 21.8 Å². The van der Waals surface area contributed by atoms with Crippen LogP contribution in [0.4, 0.5) is 0 Å². The van der Waals surface area contributed by atoms with E-state index in [1.54, 1.807) is 7.11 Å². The molecule has 4 atom stereocenters.